The Bertz CT molecular complexity index is 863. The molecule has 150 valence electrons. The summed E-state index contributed by atoms with van der Waals surface area (Å²) in [5.41, 5.74) is 1.13. The maximum Gasteiger partial charge on any atom is 0.335 e. The third kappa shape index (κ3) is 5.37. The van der Waals surface area contributed by atoms with Gasteiger partial charge < -0.3 is 20.5 Å². The van der Waals surface area contributed by atoms with Crippen molar-refractivity contribution in [3.05, 3.63) is 69.2 Å². The average molecular weight is 446 g/mol. The van der Waals surface area contributed by atoms with Crippen LogP contribution in [0.2, 0.25) is 10.0 Å². The molecule has 0 aliphatic carbocycles. The zero-order valence-electron chi connectivity index (χ0n) is 14.7. The minimum atomic E-state index is -1.09. The molecule has 6 nitrogen and oxygen atoms in total. The van der Waals surface area contributed by atoms with Crippen molar-refractivity contribution in [3.63, 3.8) is 0 Å². The van der Waals surface area contributed by atoms with Gasteiger partial charge in [-0.3, -0.25) is 4.79 Å². The molecule has 0 bridgehead atoms. The van der Waals surface area contributed by atoms with Crippen LogP contribution in [-0.4, -0.2) is 42.7 Å². The molecule has 0 spiro atoms. The van der Waals surface area contributed by atoms with Crippen LogP contribution in [0.3, 0.4) is 0 Å². The van der Waals surface area contributed by atoms with E-state index < -0.39 is 12.1 Å². The predicted octanol–water partition coefficient (Wildman–Crippen LogP) is 3.57. The highest BCUT2D eigenvalue weighted by Gasteiger charge is 2.28. The highest BCUT2D eigenvalue weighted by Crippen LogP contribution is 2.29. The van der Waals surface area contributed by atoms with E-state index in [1.807, 2.05) is 6.07 Å². The Balaban J connectivity index is 0.00000280. The number of hydrogen-bond acceptors (Lipinski definition) is 4. The van der Waals surface area contributed by atoms with Crippen LogP contribution in [0.1, 0.15) is 32.4 Å². The fraction of sp³-hybridized carbons (Fsp3) is 0.263. The number of ether oxygens (including phenoxy) is 1. The Morgan fingerprint density at radius 3 is 2.57 bits per heavy atom. The largest absolute Gasteiger partial charge is 0.478 e. The molecule has 2 aromatic rings. The maximum absolute atomic E-state index is 12.7. The molecular weight excluding hydrogens is 427 g/mol. The van der Waals surface area contributed by atoms with E-state index in [1.54, 1.807) is 18.2 Å². The molecular formula is C19H19Cl3N2O4. The number of carbonyl (C=O) groups is 2. The zero-order valence-corrected chi connectivity index (χ0v) is 17.0. The number of carbonyl (C=O) groups excluding carboxylic acids is 1. The first kappa shape index (κ1) is 22.5. The number of amides is 1. The second-order valence-electron chi connectivity index (χ2n) is 6.13. The number of hydrogen-bond donors (Lipinski definition) is 3. The number of carboxylic acid groups (broad SMARTS) is 1. The van der Waals surface area contributed by atoms with Gasteiger partial charge in [0, 0.05) is 18.7 Å². The van der Waals surface area contributed by atoms with Gasteiger partial charge in [-0.2, -0.15) is 0 Å². The summed E-state index contributed by atoms with van der Waals surface area (Å²) >= 11 is 12.1. The SMILES string of the molecule is Cl.O=C(O)c1cccc(C(=O)N[C@@H]2CNCCO[C@H]2c2ccc(Cl)c(Cl)c2)c1. The molecule has 9 heteroatoms. The topological polar surface area (TPSA) is 87.7 Å². The summed E-state index contributed by atoms with van der Waals surface area (Å²) in [7, 11) is 0. The molecule has 1 aliphatic heterocycles. The molecule has 0 aromatic heterocycles. The van der Waals surface area contributed by atoms with E-state index in [2.05, 4.69) is 10.6 Å². The molecule has 0 unspecified atom stereocenters. The summed E-state index contributed by atoms with van der Waals surface area (Å²) < 4.78 is 5.92. The van der Waals surface area contributed by atoms with Crippen LogP contribution in [0.25, 0.3) is 0 Å². The lowest BCUT2D eigenvalue weighted by Gasteiger charge is -2.26. The number of benzene rings is 2. The Labute approximate surface area is 178 Å². The number of rotatable bonds is 4. The van der Waals surface area contributed by atoms with E-state index in [-0.39, 0.29) is 35.5 Å². The first-order chi connectivity index (χ1) is 13.0. The average Bonchev–Trinajstić information content (AvgIpc) is 2.89. The van der Waals surface area contributed by atoms with Crippen LogP contribution in [0.5, 0.6) is 0 Å². The lowest BCUT2D eigenvalue weighted by atomic mass is 10.0. The van der Waals surface area contributed by atoms with Gasteiger partial charge >= 0.3 is 5.97 Å². The summed E-state index contributed by atoms with van der Waals surface area (Å²) in [6, 6.07) is 10.8. The standard InChI is InChI=1S/C19H18Cl2N2O4.ClH/c20-14-5-4-11(9-15(14)21)17-16(10-22-6-7-27-17)23-18(24)12-2-1-3-13(8-12)19(25)26;/h1-5,8-9,16-17,22H,6-7,10H2,(H,23,24)(H,25,26);1H/t16-,17+;/m1./s1. The van der Waals surface area contributed by atoms with Crippen molar-refractivity contribution in [3.8, 4) is 0 Å². The lowest BCUT2D eigenvalue weighted by molar-refractivity contribution is 0.0417. The number of aromatic carboxylic acids is 1. The van der Waals surface area contributed by atoms with Crippen LogP contribution in [0.15, 0.2) is 42.5 Å². The lowest BCUT2D eigenvalue weighted by Crippen LogP contribution is -2.44. The Kier molecular flexibility index (Phi) is 8.10. The molecule has 3 rings (SSSR count). The molecule has 2 atom stereocenters. The minimum Gasteiger partial charge on any atom is -0.478 e. The van der Waals surface area contributed by atoms with Gasteiger partial charge in [0.15, 0.2) is 0 Å². The Morgan fingerprint density at radius 2 is 1.86 bits per heavy atom. The van der Waals surface area contributed by atoms with Crippen molar-refractivity contribution in [1.29, 1.82) is 0 Å². The van der Waals surface area contributed by atoms with Crippen molar-refractivity contribution < 1.29 is 19.4 Å². The molecule has 1 aliphatic rings. The van der Waals surface area contributed by atoms with Gasteiger partial charge in [-0.1, -0.05) is 35.3 Å². The van der Waals surface area contributed by atoms with E-state index in [9.17, 15) is 9.59 Å². The number of nitrogens with one attached hydrogen (secondary N) is 2. The maximum atomic E-state index is 12.7. The van der Waals surface area contributed by atoms with Gasteiger partial charge in [0.25, 0.3) is 5.91 Å². The number of halogens is 3. The molecule has 1 saturated heterocycles. The smallest absolute Gasteiger partial charge is 0.335 e. The van der Waals surface area contributed by atoms with Crippen LogP contribution >= 0.6 is 35.6 Å². The van der Waals surface area contributed by atoms with Gasteiger partial charge in [-0.15, -0.1) is 12.4 Å². The normalized spacial score (nSPS) is 19.2. The first-order valence-corrected chi connectivity index (χ1v) is 9.13. The summed E-state index contributed by atoms with van der Waals surface area (Å²) in [6.07, 6.45) is -0.415. The van der Waals surface area contributed by atoms with Gasteiger partial charge in [0.2, 0.25) is 0 Å². The zero-order chi connectivity index (χ0) is 19.4. The van der Waals surface area contributed by atoms with Crippen molar-refractivity contribution >= 4 is 47.5 Å². The first-order valence-electron chi connectivity index (χ1n) is 8.37. The highest BCUT2D eigenvalue weighted by molar-refractivity contribution is 6.42. The summed E-state index contributed by atoms with van der Waals surface area (Å²) in [5, 5.41) is 16.1. The van der Waals surface area contributed by atoms with Crippen LogP contribution < -0.4 is 10.6 Å². The molecule has 28 heavy (non-hydrogen) atoms. The predicted molar refractivity (Wildman–Crippen MR) is 110 cm³/mol. The Morgan fingerprint density at radius 1 is 1.11 bits per heavy atom. The van der Waals surface area contributed by atoms with E-state index in [0.29, 0.717) is 29.7 Å². The molecule has 0 radical (unpaired) electrons. The summed E-state index contributed by atoms with van der Waals surface area (Å²) in [6.45, 7) is 1.62. The molecule has 2 aromatic carbocycles. The van der Waals surface area contributed by atoms with Crippen LogP contribution in [0, 0.1) is 0 Å². The summed E-state index contributed by atoms with van der Waals surface area (Å²) in [4.78, 5) is 23.8. The van der Waals surface area contributed by atoms with E-state index >= 15 is 0 Å². The summed E-state index contributed by atoms with van der Waals surface area (Å²) in [5.74, 6) is -1.46. The molecule has 1 heterocycles. The van der Waals surface area contributed by atoms with E-state index in [1.165, 1.54) is 18.2 Å². The Hall–Kier alpha value is -1.83. The van der Waals surface area contributed by atoms with Crippen molar-refractivity contribution in [2.75, 3.05) is 19.7 Å². The van der Waals surface area contributed by atoms with E-state index in [0.717, 1.165) is 5.56 Å². The fourth-order valence-corrected chi connectivity index (χ4v) is 3.24. The van der Waals surface area contributed by atoms with Crippen molar-refractivity contribution in [2.24, 2.45) is 0 Å². The quantitative estimate of drug-likeness (QED) is 0.670. The molecule has 1 fully saturated rings. The molecule has 1 amide bonds. The van der Waals surface area contributed by atoms with Gasteiger partial charge in [0.05, 0.1) is 28.3 Å². The number of carboxylic acids is 1. The molecule has 0 saturated carbocycles. The third-order valence-corrected chi connectivity index (χ3v) is 5.01. The van der Waals surface area contributed by atoms with Crippen molar-refractivity contribution in [2.45, 2.75) is 12.1 Å². The van der Waals surface area contributed by atoms with Crippen LogP contribution in [0.4, 0.5) is 0 Å². The highest BCUT2D eigenvalue weighted by atomic mass is 35.5. The second kappa shape index (κ2) is 10.1. The van der Waals surface area contributed by atoms with Crippen LogP contribution in [-0.2, 0) is 4.74 Å². The minimum absolute atomic E-state index is 0. The fourth-order valence-electron chi connectivity index (χ4n) is 2.93. The van der Waals surface area contributed by atoms with Gasteiger partial charge in [-0.25, -0.2) is 4.79 Å². The third-order valence-electron chi connectivity index (χ3n) is 4.27. The molecule has 3 N–H and O–H groups in total. The van der Waals surface area contributed by atoms with Gasteiger partial charge in [0.1, 0.15) is 6.10 Å². The monoisotopic (exact) mass is 444 g/mol. The van der Waals surface area contributed by atoms with E-state index in [4.69, 9.17) is 33.0 Å². The second-order valence-corrected chi connectivity index (χ2v) is 6.95. The van der Waals surface area contributed by atoms with Gasteiger partial charge in [-0.05, 0) is 35.9 Å². The van der Waals surface area contributed by atoms with Crippen molar-refractivity contribution in [1.82, 2.24) is 10.6 Å².